The van der Waals surface area contributed by atoms with Gasteiger partial charge in [0.1, 0.15) is 5.01 Å². The molecule has 0 saturated carbocycles. The van der Waals surface area contributed by atoms with Gasteiger partial charge < -0.3 is 4.57 Å². The molecule has 100 valence electrons. The average molecular weight is 302 g/mol. The fourth-order valence-electron chi connectivity index (χ4n) is 1.91. The summed E-state index contributed by atoms with van der Waals surface area (Å²) in [6, 6.07) is 7.72. The van der Waals surface area contributed by atoms with E-state index in [1.54, 1.807) is 23.9 Å². The van der Waals surface area contributed by atoms with Gasteiger partial charge in [-0.3, -0.25) is 0 Å². The van der Waals surface area contributed by atoms with Gasteiger partial charge in [-0.25, -0.2) is 9.97 Å². The van der Waals surface area contributed by atoms with E-state index < -0.39 is 0 Å². The molecule has 3 nitrogen and oxygen atoms in total. The van der Waals surface area contributed by atoms with Crippen molar-refractivity contribution in [1.82, 2.24) is 14.5 Å². The van der Waals surface area contributed by atoms with E-state index in [2.05, 4.69) is 11.6 Å². The van der Waals surface area contributed by atoms with Crippen molar-refractivity contribution in [2.45, 2.75) is 6.54 Å². The fraction of sp³-hybridized carbons (Fsp3) is 0.0667. The molecule has 0 bridgehead atoms. The van der Waals surface area contributed by atoms with Crippen LogP contribution in [0.1, 0.15) is 10.6 Å². The van der Waals surface area contributed by atoms with Gasteiger partial charge in [0.05, 0.1) is 23.4 Å². The molecule has 20 heavy (non-hydrogen) atoms. The molecule has 0 fully saturated rings. The first-order valence-electron chi connectivity index (χ1n) is 6.10. The molecule has 0 amide bonds. The van der Waals surface area contributed by atoms with Crippen LogP contribution in [-0.4, -0.2) is 14.5 Å². The zero-order chi connectivity index (χ0) is 13.9. The molecule has 3 aromatic rings. The van der Waals surface area contributed by atoms with Crippen molar-refractivity contribution < 1.29 is 0 Å². The summed E-state index contributed by atoms with van der Waals surface area (Å²) in [6.07, 6.45) is 7.33. The Hall–Kier alpha value is -1.91. The van der Waals surface area contributed by atoms with E-state index in [-0.39, 0.29) is 0 Å². The lowest BCUT2D eigenvalue weighted by atomic mass is 10.2. The van der Waals surface area contributed by atoms with Crippen LogP contribution >= 0.6 is 22.9 Å². The molecule has 0 atom stereocenters. The Morgan fingerprint density at radius 2 is 2.10 bits per heavy atom. The van der Waals surface area contributed by atoms with Crippen LogP contribution in [0.5, 0.6) is 0 Å². The third-order valence-corrected chi connectivity index (χ3v) is 4.29. The highest BCUT2D eigenvalue weighted by Gasteiger charge is 2.10. The molecule has 3 rings (SSSR count). The van der Waals surface area contributed by atoms with Crippen LogP contribution < -0.4 is 0 Å². The molecular weight excluding hydrogens is 290 g/mol. The number of hydrogen-bond acceptors (Lipinski definition) is 3. The van der Waals surface area contributed by atoms with Gasteiger partial charge in [0.2, 0.25) is 0 Å². The maximum Gasteiger partial charge on any atom is 0.124 e. The Morgan fingerprint density at radius 1 is 1.30 bits per heavy atom. The van der Waals surface area contributed by atoms with Gasteiger partial charge in [0.15, 0.2) is 0 Å². The van der Waals surface area contributed by atoms with Crippen LogP contribution in [0.3, 0.4) is 0 Å². The smallest absolute Gasteiger partial charge is 0.124 e. The van der Waals surface area contributed by atoms with Gasteiger partial charge in [0.25, 0.3) is 0 Å². The van der Waals surface area contributed by atoms with Crippen molar-refractivity contribution in [3.63, 3.8) is 0 Å². The van der Waals surface area contributed by atoms with Gasteiger partial charge in [-0.1, -0.05) is 36.4 Å². The predicted molar refractivity (Wildman–Crippen MR) is 84.0 cm³/mol. The lowest BCUT2D eigenvalue weighted by molar-refractivity contribution is 0.778. The summed E-state index contributed by atoms with van der Waals surface area (Å²) in [6.45, 7) is 4.57. The number of benzene rings is 1. The summed E-state index contributed by atoms with van der Waals surface area (Å²) in [5.74, 6) is 0. The van der Waals surface area contributed by atoms with Crippen LogP contribution in [0, 0.1) is 0 Å². The minimum atomic E-state index is 0.700. The van der Waals surface area contributed by atoms with Crippen LogP contribution in [0.25, 0.3) is 16.6 Å². The Labute approximate surface area is 126 Å². The van der Waals surface area contributed by atoms with E-state index in [4.69, 9.17) is 16.6 Å². The third kappa shape index (κ3) is 2.66. The zero-order valence-corrected chi connectivity index (χ0v) is 12.2. The van der Waals surface area contributed by atoms with Crippen LogP contribution in [0.4, 0.5) is 0 Å². The van der Waals surface area contributed by atoms with E-state index in [0.717, 1.165) is 26.2 Å². The first kappa shape index (κ1) is 13.1. The molecule has 5 heteroatoms. The van der Waals surface area contributed by atoms with Crippen molar-refractivity contribution in [3.05, 3.63) is 65.2 Å². The number of rotatable bonds is 4. The Kier molecular flexibility index (Phi) is 3.67. The molecule has 0 aliphatic rings. The maximum atomic E-state index is 5.91. The summed E-state index contributed by atoms with van der Waals surface area (Å²) >= 11 is 7.55. The Balaban J connectivity index is 1.95. The van der Waals surface area contributed by atoms with Crippen molar-refractivity contribution in [3.8, 4) is 10.6 Å². The fourth-order valence-corrected chi connectivity index (χ4v) is 2.96. The molecule has 0 aliphatic heterocycles. The molecule has 2 aromatic heterocycles. The lowest BCUT2D eigenvalue weighted by Gasteiger charge is -1.99. The molecular formula is C15H12ClN3S. The number of hydrogen-bond donors (Lipinski definition) is 0. The summed E-state index contributed by atoms with van der Waals surface area (Å²) in [4.78, 5) is 9.84. The standard InChI is InChI=1S/C15H12ClN3S/c1-2-14-13(9-19-8-7-17-10-19)18-15(20-14)11-3-5-12(16)6-4-11/h2-8,10H,1,9H2. The van der Waals surface area contributed by atoms with Gasteiger partial charge in [0, 0.05) is 23.0 Å². The normalized spacial score (nSPS) is 10.7. The predicted octanol–water partition coefficient (Wildman–Crippen LogP) is 4.35. The monoisotopic (exact) mass is 301 g/mol. The summed E-state index contributed by atoms with van der Waals surface area (Å²) < 4.78 is 1.99. The summed E-state index contributed by atoms with van der Waals surface area (Å²) in [5, 5.41) is 1.71. The van der Waals surface area contributed by atoms with E-state index in [9.17, 15) is 0 Å². The van der Waals surface area contributed by atoms with Crippen molar-refractivity contribution >= 4 is 29.0 Å². The zero-order valence-electron chi connectivity index (χ0n) is 10.7. The maximum absolute atomic E-state index is 5.91. The molecule has 0 N–H and O–H groups in total. The number of thiazole rings is 1. The molecule has 2 heterocycles. The van der Waals surface area contributed by atoms with Crippen molar-refractivity contribution in [2.75, 3.05) is 0 Å². The first-order chi connectivity index (χ1) is 9.76. The van der Waals surface area contributed by atoms with Gasteiger partial charge in [-0.2, -0.15) is 0 Å². The highest BCUT2D eigenvalue weighted by Crippen LogP contribution is 2.30. The minimum Gasteiger partial charge on any atom is -0.331 e. The summed E-state index contributed by atoms with van der Waals surface area (Å²) in [7, 11) is 0. The van der Waals surface area contributed by atoms with Gasteiger partial charge in [-0.05, 0) is 12.1 Å². The largest absolute Gasteiger partial charge is 0.331 e. The highest BCUT2D eigenvalue weighted by molar-refractivity contribution is 7.16. The van der Waals surface area contributed by atoms with Crippen LogP contribution in [0.15, 0.2) is 49.6 Å². The Bertz CT molecular complexity index is 714. The van der Waals surface area contributed by atoms with Gasteiger partial charge in [-0.15, -0.1) is 11.3 Å². The van der Waals surface area contributed by atoms with Crippen LogP contribution in [-0.2, 0) is 6.54 Å². The van der Waals surface area contributed by atoms with E-state index in [1.807, 2.05) is 41.1 Å². The van der Waals surface area contributed by atoms with Crippen molar-refractivity contribution in [1.29, 1.82) is 0 Å². The average Bonchev–Trinajstić information content (AvgIpc) is 3.10. The molecule has 0 unspecified atom stereocenters. The van der Waals surface area contributed by atoms with Crippen LogP contribution in [0.2, 0.25) is 5.02 Å². The third-order valence-electron chi connectivity index (χ3n) is 2.90. The first-order valence-corrected chi connectivity index (χ1v) is 7.29. The second-order valence-electron chi connectivity index (χ2n) is 4.28. The number of aromatic nitrogens is 3. The van der Waals surface area contributed by atoms with E-state index in [1.165, 1.54) is 0 Å². The topological polar surface area (TPSA) is 30.7 Å². The van der Waals surface area contributed by atoms with E-state index >= 15 is 0 Å². The van der Waals surface area contributed by atoms with E-state index in [0.29, 0.717) is 6.54 Å². The second-order valence-corrected chi connectivity index (χ2v) is 5.74. The number of halogens is 1. The number of nitrogens with zero attached hydrogens (tertiary/aromatic N) is 3. The SMILES string of the molecule is C=Cc1sc(-c2ccc(Cl)cc2)nc1Cn1ccnc1. The van der Waals surface area contributed by atoms with Gasteiger partial charge >= 0.3 is 0 Å². The Morgan fingerprint density at radius 3 is 2.75 bits per heavy atom. The molecule has 0 aliphatic carbocycles. The minimum absolute atomic E-state index is 0.700. The molecule has 0 saturated heterocycles. The molecule has 0 spiro atoms. The highest BCUT2D eigenvalue weighted by atomic mass is 35.5. The number of imidazole rings is 1. The molecule has 0 radical (unpaired) electrons. The molecule has 1 aromatic carbocycles. The van der Waals surface area contributed by atoms with Crippen molar-refractivity contribution in [2.24, 2.45) is 0 Å². The lowest BCUT2D eigenvalue weighted by Crippen LogP contribution is -1.98. The quantitative estimate of drug-likeness (QED) is 0.717. The summed E-state index contributed by atoms with van der Waals surface area (Å²) in [5.41, 5.74) is 2.08. The second kappa shape index (κ2) is 5.61.